The van der Waals surface area contributed by atoms with Gasteiger partial charge in [0.25, 0.3) is 0 Å². The van der Waals surface area contributed by atoms with E-state index in [9.17, 15) is 4.79 Å². The summed E-state index contributed by atoms with van der Waals surface area (Å²) < 4.78 is 0. The van der Waals surface area contributed by atoms with Crippen molar-refractivity contribution in [1.82, 2.24) is 4.98 Å². The Labute approximate surface area is 99.8 Å². The molecule has 1 aromatic rings. The van der Waals surface area contributed by atoms with Gasteiger partial charge in [-0.3, -0.25) is 0 Å². The second-order valence-electron chi connectivity index (χ2n) is 3.94. The fourth-order valence-corrected chi connectivity index (χ4v) is 2.34. The van der Waals surface area contributed by atoms with Crippen LogP contribution in [0.5, 0.6) is 0 Å². The third kappa shape index (κ3) is 3.45. The zero-order valence-electron chi connectivity index (χ0n) is 9.86. The molecule has 0 radical (unpaired) electrons. The quantitative estimate of drug-likeness (QED) is 0.802. The van der Waals surface area contributed by atoms with Crippen molar-refractivity contribution in [3.05, 3.63) is 21.7 Å². The van der Waals surface area contributed by atoms with Gasteiger partial charge in [0.15, 0.2) is 0 Å². The highest BCUT2D eigenvalue weighted by Gasteiger charge is 2.10. The molecule has 1 N–H and O–H groups in total. The Hall–Kier alpha value is -1.16. The largest absolute Gasteiger partial charge is 0.478 e. The first kappa shape index (κ1) is 12.9. The van der Waals surface area contributed by atoms with Gasteiger partial charge in [-0.15, -0.1) is 11.3 Å². The number of hydrogen-bond acceptors (Lipinski definition) is 3. The highest BCUT2D eigenvalue weighted by atomic mass is 32.1. The maximum Gasteiger partial charge on any atom is 0.328 e. The number of aliphatic carboxylic acids is 1. The van der Waals surface area contributed by atoms with E-state index in [0.717, 1.165) is 28.4 Å². The highest BCUT2D eigenvalue weighted by Crippen LogP contribution is 2.26. The van der Waals surface area contributed by atoms with Gasteiger partial charge in [-0.05, 0) is 12.5 Å². The van der Waals surface area contributed by atoms with E-state index in [4.69, 9.17) is 5.11 Å². The van der Waals surface area contributed by atoms with Crippen molar-refractivity contribution in [2.24, 2.45) is 0 Å². The summed E-state index contributed by atoms with van der Waals surface area (Å²) in [5, 5.41) is 9.69. The van der Waals surface area contributed by atoms with Crippen molar-refractivity contribution in [3.63, 3.8) is 0 Å². The topological polar surface area (TPSA) is 50.2 Å². The minimum absolute atomic E-state index is 0.396. The van der Waals surface area contributed by atoms with Crippen molar-refractivity contribution in [1.29, 1.82) is 0 Å². The maximum absolute atomic E-state index is 10.5. The van der Waals surface area contributed by atoms with Gasteiger partial charge in [-0.2, -0.15) is 0 Å². The molecule has 1 heterocycles. The van der Waals surface area contributed by atoms with Crippen LogP contribution in [0.4, 0.5) is 0 Å². The summed E-state index contributed by atoms with van der Waals surface area (Å²) in [4.78, 5) is 16.0. The second kappa shape index (κ2) is 5.80. The van der Waals surface area contributed by atoms with Crippen molar-refractivity contribution in [3.8, 4) is 0 Å². The van der Waals surface area contributed by atoms with E-state index in [0.29, 0.717) is 5.92 Å². The van der Waals surface area contributed by atoms with Crippen LogP contribution in [0.25, 0.3) is 6.08 Å². The van der Waals surface area contributed by atoms with E-state index in [1.807, 2.05) is 0 Å². The smallest absolute Gasteiger partial charge is 0.328 e. The van der Waals surface area contributed by atoms with Gasteiger partial charge < -0.3 is 5.11 Å². The first-order chi connectivity index (χ1) is 7.54. The standard InChI is InChI=1S/C12H17NO2S/c1-4-5-9-10(6-7-11(14)15)16-12(13-9)8(2)3/h6-8H,4-5H2,1-3H3,(H,14,15)/b7-6+. The molecule has 0 spiro atoms. The molecule has 0 aromatic carbocycles. The molecule has 0 aliphatic carbocycles. The molecule has 1 rings (SSSR count). The summed E-state index contributed by atoms with van der Waals surface area (Å²) in [7, 11) is 0. The van der Waals surface area contributed by atoms with Gasteiger partial charge in [-0.1, -0.05) is 27.2 Å². The van der Waals surface area contributed by atoms with Crippen LogP contribution in [0.15, 0.2) is 6.08 Å². The van der Waals surface area contributed by atoms with Gasteiger partial charge in [0.2, 0.25) is 0 Å². The average molecular weight is 239 g/mol. The molecule has 3 nitrogen and oxygen atoms in total. The van der Waals surface area contributed by atoms with E-state index >= 15 is 0 Å². The van der Waals surface area contributed by atoms with E-state index in [1.54, 1.807) is 17.4 Å². The molecule has 0 amide bonds. The number of rotatable bonds is 5. The van der Waals surface area contributed by atoms with Crippen LogP contribution in [0.1, 0.15) is 48.7 Å². The maximum atomic E-state index is 10.5. The zero-order chi connectivity index (χ0) is 12.1. The van der Waals surface area contributed by atoms with Crippen molar-refractivity contribution >= 4 is 23.4 Å². The van der Waals surface area contributed by atoms with Crippen LogP contribution in [0.3, 0.4) is 0 Å². The normalized spacial score (nSPS) is 11.5. The van der Waals surface area contributed by atoms with Crippen LogP contribution < -0.4 is 0 Å². The summed E-state index contributed by atoms with van der Waals surface area (Å²) >= 11 is 1.59. The van der Waals surface area contributed by atoms with Crippen LogP contribution in [-0.2, 0) is 11.2 Å². The molecule has 0 atom stereocenters. The number of carbonyl (C=O) groups is 1. The molecule has 0 bridgehead atoms. The summed E-state index contributed by atoms with van der Waals surface area (Å²) in [6.07, 6.45) is 4.76. The lowest BCUT2D eigenvalue weighted by Gasteiger charge is -1.95. The lowest BCUT2D eigenvalue weighted by molar-refractivity contribution is -0.131. The predicted molar refractivity (Wildman–Crippen MR) is 66.9 cm³/mol. The number of hydrogen-bond donors (Lipinski definition) is 1. The van der Waals surface area contributed by atoms with E-state index in [1.165, 1.54) is 6.08 Å². The Morgan fingerprint density at radius 2 is 2.25 bits per heavy atom. The molecular weight excluding hydrogens is 222 g/mol. The summed E-state index contributed by atoms with van der Waals surface area (Å²) in [6, 6.07) is 0. The van der Waals surface area contributed by atoms with E-state index in [-0.39, 0.29) is 0 Å². The minimum Gasteiger partial charge on any atom is -0.478 e. The van der Waals surface area contributed by atoms with Crippen LogP contribution in [0.2, 0.25) is 0 Å². The Balaban J connectivity index is 2.99. The third-order valence-corrected chi connectivity index (χ3v) is 3.47. The molecular formula is C12H17NO2S. The first-order valence-electron chi connectivity index (χ1n) is 5.45. The predicted octanol–water partition coefficient (Wildman–Crippen LogP) is 3.32. The van der Waals surface area contributed by atoms with Gasteiger partial charge in [0, 0.05) is 12.0 Å². The SMILES string of the molecule is CCCc1nc(C(C)C)sc1/C=C/C(=O)O. The number of carboxylic acid groups (broad SMARTS) is 1. The molecule has 0 aliphatic heterocycles. The molecule has 0 saturated heterocycles. The number of aromatic nitrogens is 1. The molecule has 1 aromatic heterocycles. The number of nitrogens with zero attached hydrogens (tertiary/aromatic N) is 1. The van der Waals surface area contributed by atoms with Crippen molar-refractivity contribution in [2.75, 3.05) is 0 Å². The van der Waals surface area contributed by atoms with E-state index < -0.39 is 5.97 Å². The third-order valence-electron chi connectivity index (χ3n) is 2.10. The lowest BCUT2D eigenvalue weighted by Crippen LogP contribution is -1.90. The molecule has 88 valence electrons. The van der Waals surface area contributed by atoms with E-state index in [2.05, 4.69) is 25.8 Å². The van der Waals surface area contributed by atoms with Gasteiger partial charge in [-0.25, -0.2) is 9.78 Å². The minimum atomic E-state index is -0.915. The zero-order valence-corrected chi connectivity index (χ0v) is 10.7. The summed E-state index contributed by atoms with van der Waals surface area (Å²) in [6.45, 7) is 6.29. The van der Waals surface area contributed by atoms with Crippen LogP contribution >= 0.6 is 11.3 Å². The van der Waals surface area contributed by atoms with Gasteiger partial charge in [0.1, 0.15) is 0 Å². The second-order valence-corrected chi connectivity index (χ2v) is 5.00. The number of aryl methyl sites for hydroxylation is 1. The summed E-state index contributed by atoms with van der Waals surface area (Å²) in [5.41, 5.74) is 1.02. The molecule has 0 fully saturated rings. The fraction of sp³-hybridized carbons (Fsp3) is 0.500. The molecule has 0 saturated carbocycles. The monoisotopic (exact) mass is 239 g/mol. The Morgan fingerprint density at radius 3 is 2.75 bits per heavy atom. The molecule has 0 unspecified atom stereocenters. The van der Waals surface area contributed by atoms with Gasteiger partial charge >= 0.3 is 5.97 Å². The fourth-order valence-electron chi connectivity index (χ4n) is 1.32. The van der Waals surface area contributed by atoms with Crippen LogP contribution in [0, 0.1) is 0 Å². The summed E-state index contributed by atoms with van der Waals surface area (Å²) in [5.74, 6) is -0.519. The Morgan fingerprint density at radius 1 is 1.56 bits per heavy atom. The molecule has 0 aliphatic rings. The Kier molecular flexibility index (Phi) is 4.68. The lowest BCUT2D eigenvalue weighted by atomic mass is 10.2. The average Bonchev–Trinajstić information content (AvgIpc) is 2.59. The molecule has 4 heteroatoms. The van der Waals surface area contributed by atoms with Gasteiger partial charge in [0.05, 0.1) is 15.6 Å². The molecule has 16 heavy (non-hydrogen) atoms. The number of carboxylic acids is 1. The van der Waals surface area contributed by atoms with Crippen LogP contribution in [-0.4, -0.2) is 16.1 Å². The number of thiazole rings is 1. The van der Waals surface area contributed by atoms with Crippen molar-refractivity contribution in [2.45, 2.75) is 39.5 Å². The highest BCUT2D eigenvalue weighted by molar-refractivity contribution is 7.12. The first-order valence-corrected chi connectivity index (χ1v) is 6.26. The Bertz CT molecular complexity index is 394. The van der Waals surface area contributed by atoms with Crippen molar-refractivity contribution < 1.29 is 9.90 Å².